The summed E-state index contributed by atoms with van der Waals surface area (Å²) in [5.41, 5.74) is 9.33. The summed E-state index contributed by atoms with van der Waals surface area (Å²) in [7, 11) is 1.69. The monoisotopic (exact) mass is 409 g/mol. The van der Waals surface area contributed by atoms with Gasteiger partial charge in [0.1, 0.15) is 5.75 Å². The second-order valence-electron chi connectivity index (χ2n) is 8.34. The van der Waals surface area contributed by atoms with Crippen molar-refractivity contribution in [3.63, 3.8) is 0 Å². The highest BCUT2D eigenvalue weighted by atomic mass is 16.5. The summed E-state index contributed by atoms with van der Waals surface area (Å²) in [5.74, 6) is 0.516. The smallest absolute Gasteiger partial charge is 0.248 e. The van der Waals surface area contributed by atoms with Crippen LogP contribution in [0.25, 0.3) is 0 Å². The number of carbonyl (C=O) groups is 1. The molecule has 2 aromatic carbocycles. The number of hydrogen-bond donors (Lipinski definition) is 1. The molecule has 1 fully saturated rings. The van der Waals surface area contributed by atoms with Crippen molar-refractivity contribution in [3.05, 3.63) is 59.2 Å². The molecule has 2 aromatic rings. The zero-order valence-corrected chi connectivity index (χ0v) is 17.9. The van der Waals surface area contributed by atoms with Crippen LogP contribution in [-0.2, 0) is 16.8 Å². The summed E-state index contributed by atoms with van der Waals surface area (Å²) in [5, 5.41) is 0. The van der Waals surface area contributed by atoms with Gasteiger partial charge in [-0.25, -0.2) is 0 Å². The van der Waals surface area contributed by atoms with Crippen LogP contribution in [0.1, 0.15) is 34.8 Å². The van der Waals surface area contributed by atoms with E-state index in [9.17, 15) is 4.79 Å². The number of piperazine rings is 1. The van der Waals surface area contributed by atoms with Gasteiger partial charge in [0.15, 0.2) is 0 Å². The van der Waals surface area contributed by atoms with Gasteiger partial charge in [0.25, 0.3) is 0 Å². The van der Waals surface area contributed by atoms with Crippen LogP contribution >= 0.6 is 0 Å². The molecule has 2 aliphatic heterocycles. The van der Waals surface area contributed by atoms with Gasteiger partial charge in [-0.15, -0.1) is 0 Å². The molecular weight excluding hydrogens is 378 g/mol. The Kier molecular flexibility index (Phi) is 5.97. The van der Waals surface area contributed by atoms with E-state index in [4.69, 9.17) is 15.2 Å². The molecule has 0 aliphatic carbocycles. The van der Waals surface area contributed by atoms with E-state index in [0.717, 1.165) is 51.3 Å². The lowest BCUT2D eigenvalue weighted by molar-refractivity contribution is -0.0573. The number of rotatable bonds is 6. The Morgan fingerprint density at radius 1 is 1.13 bits per heavy atom. The first-order chi connectivity index (χ1) is 14.5. The molecule has 1 saturated heterocycles. The van der Waals surface area contributed by atoms with E-state index < -0.39 is 0 Å². The number of anilines is 1. The molecule has 30 heavy (non-hydrogen) atoms. The molecule has 2 heterocycles. The molecule has 0 spiro atoms. The summed E-state index contributed by atoms with van der Waals surface area (Å²) in [6.45, 7) is 7.94. The lowest BCUT2D eigenvalue weighted by atomic mass is 9.84. The quantitative estimate of drug-likeness (QED) is 0.795. The maximum Gasteiger partial charge on any atom is 0.248 e. The molecule has 0 bridgehead atoms. The summed E-state index contributed by atoms with van der Waals surface area (Å²) in [6, 6.07) is 14.1. The molecule has 1 atom stereocenters. The van der Waals surface area contributed by atoms with Crippen LogP contribution in [0.4, 0.5) is 5.69 Å². The number of amides is 1. The second-order valence-corrected chi connectivity index (χ2v) is 8.34. The van der Waals surface area contributed by atoms with Crippen LogP contribution in [0.5, 0.6) is 5.75 Å². The Morgan fingerprint density at radius 2 is 1.87 bits per heavy atom. The van der Waals surface area contributed by atoms with Crippen LogP contribution in [0, 0.1) is 0 Å². The lowest BCUT2D eigenvalue weighted by Gasteiger charge is -2.40. The van der Waals surface area contributed by atoms with Gasteiger partial charge in [-0.3, -0.25) is 9.69 Å². The molecule has 0 unspecified atom stereocenters. The van der Waals surface area contributed by atoms with E-state index in [1.165, 1.54) is 16.8 Å². The van der Waals surface area contributed by atoms with Crippen molar-refractivity contribution >= 4 is 11.6 Å². The van der Waals surface area contributed by atoms with Crippen LogP contribution in [-0.4, -0.2) is 57.2 Å². The standard InChI is InChI=1S/C24H31N3O3/c1-24(22-8-3-19(23(25)28)17-18(22)9-16-30-24)10-11-26-12-14-27(15-13-26)20-4-6-21(29-2)7-5-20/h3-8,17H,9-16H2,1-2H3,(H2,25,28)/t24-/m0/s1. The molecule has 2 aliphatic rings. The third-order valence-electron chi connectivity index (χ3n) is 6.47. The fourth-order valence-electron chi connectivity index (χ4n) is 4.53. The summed E-state index contributed by atoms with van der Waals surface area (Å²) >= 11 is 0. The highest BCUT2D eigenvalue weighted by molar-refractivity contribution is 5.93. The van der Waals surface area contributed by atoms with Gasteiger partial charge in [-0.05, 0) is 67.3 Å². The van der Waals surface area contributed by atoms with Crippen molar-refractivity contribution in [2.45, 2.75) is 25.4 Å². The van der Waals surface area contributed by atoms with Crippen molar-refractivity contribution in [1.29, 1.82) is 0 Å². The third kappa shape index (κ3) is 4.30. The Morgan fingerprint density at radius 3 is 2.53 bits per heavy atom. The minimum absolute atomic E-state index is 0.323. The van der Waals surface area contributed by atoms with Gasteiger partial charge in [0, 0.05) is 44.0 Å². The number of fused-ring (bicyclic) bond motifs is 1. The van der Waals surface area contributed by atoms with E-state index in [1.807, 2.05) is 30.3 Å². The predicted molar refractivity (Wildman–Crippen MR) is 118 cm³/mol. The highest BCUT2D eigenvalue weighted by Crippen LogP contribution is 2.36. The maximum absolute atomic E-state index is 11.5. The predicted octanol–water partition coefficient (Wildman–Crippen LogP) is 2.79. The van der Waals surface area contributed by atoms with Crippen molar-refractivity contribution in [2.75, 3.05) is 51.3 Å². The van der Waals surface area contributed by atoms with Gasteiger partial charge in [-0.1, -0.05) is 6.07 Å². The zero-order valence-electron chi connectivity index (χ0n) is 17.9. The molecule has 0 aromatic heterocycles. The number of nitrogens with two attached hydrogens (primary N) is 1. The van der Waals surface area contributed by atoms with E-state index in [0.29, 0.717) is 12.2 Å². The molecule has 1 amide bonds. The topological polar surface area (TPSA) is 68.0 Å². The SMILES string of the molecule is COc1ccc(N2CCN(CC[C@]3(C)OCCc4cc(C(N)=O)ccc43)CC2)cc1. The summed E-state index contributed by atoms with van der Waals surface area (Å²) < 4.78 is 11.5. The van der Waals surface area contributed by atoms with E-state index >= 15 is 0 Å². The minimum atomic E-state index is -0.374. The van der Waals surface area contributed by atoms with Gasteiger partial charge >= 0.3 is 0 Å². The summed E-state index contributed by atoms with van der Waals surface area (Å²) in [4.78, 5) is 16.5. The van der Waals surface area contributed by atoms with Crippen LogP contribution in [0.15, 0.2) is 42.5 Å². The molecule has 160 valence electrons. The number of benzene rings is 2. The van der Waals surface area contributed by atoms with Crippen LogP contribution < -0.4 is 15.4 Å². The van der Waals surface area contributed by atoms with Crippen molar-refractivity contribution in [3.8, 4) is 5.75 Å². The fraction of sp³-hybridized carbons (Fsp3) is 0.458. The molecule has 0 radical (unpaired) electrons. The molecule has 2 N–H and O–H groups in total. The lowest BCUT2D eigenvalue weighted by Crippen LogP contribution is -2.48. The van der Waals surface area contributed by atoms with E-state index in [-0.39, 0.29) is 11.5 Å². The molecule has 0 saturated carbocycles. The molecular formula is C24H31N3O3. The average Bonchev–Trinajstić information content (AvgIpc) is 2.78. The van der Waals surface area contributed by atoms with E-state index in [1.54, 1.807) is 7.11 Å². The number of methoxy groups -OCH3 is 1. The Labute approximate surface area is 178 Å². The molecule has 6 heteroatoms. The van der Waals surface area contributed by atoms with Crippen LogP contribution in [0.3, 0.4) is 0 Å². The number of nitrogens with zero attached hydrogens (tertiary/aromatic N) is 2. The number of carbonyl (C=O) groups excluding carboxylic acids is 1. The van der Waals surface area contributed by atoms with Crippen molar-refractivity contribution < 1.29 is 14.3 Å². The largest absolute Gasteiger partial charge is 0.497 e. The highest BCUT2D eigenvalue weighted by Gasteiger charge is 2.34. The molecule has 4 rings (SSSR count). The summed E-state index contributed by atoms with van der Waals surface area (Å²) in [6.07, 6.45) is 1.75. The Balaban J connectivity index is 1.35. The van der Waals surface area contributed by atoms with Crippen LogP contribution in [0.2, 0.25) is 0 Å². The van der Waals surface area contributed by atoms with Crippen molar-refractivity contribution in [1.82, 2.24) is 4.90 Å². The first kappa shape index (κ1) is 20.7. The second kappa shape index (κ2) is 8.66. The normalized spacial score (nSPS) is 21.9. The van der Waals surface area contributed by atoms with Gasteiger partial charge in [0.2, 0.25) is 5.91 Å². The number of ether oxygens (including phenoxy) is 2. The first-order valence-corrected chi connectivity index (χ1v) is 10.7. The van der Waals surface area contributed by atoms with Gasteiger partial charge in [0.05, 0.1) is 19.3 Å². The first-order valence-electron chi connectivity index (χ1n) is 10.7. The maximum atomic E-state index is 11.5. The fourth-order valence-corrected chi connectivity index (χ4v) is 4.53. The number of hydrogen-bond acceptors (Lipinski definition) is 5. The third-order valence-corrected chi connectivity index (χ3v) is 6.47. The molecule has 6 nitrogen and oxygen atoms in total. The Hall–Kier alpha value is -2.57. The van der Waals surface area contributed by atoms with E-state index in [2.05, 4.69) is 28.9 Å². The zero-order chi connectivity index (χ0) is 21.1. The number of primary amides is 1. The Bertz CT molecular complexity index is 891. The van der Waals surface area contributed by atoms with Gasteiger partial charge < -0.3 is 20.1 Å². The van der Waals surface area contributed by atoms with Gasteiger partial charge in [-0.2, -0.15) is 0 Å². The average molecular weight is 410 g/mol. The minimum Gasteiger partial charge on any atom is -0.497 e. The van der Waals surface area contributed by atoms with Crippen molar-refractivity contribution in [2.24, 2.45) is 5.73 Å².